The van der Waals surface area contributed by atoms with Gasteiger partial charge in [0, 0.05) is 19.3 Å². The molecule has 1 heterocycles. The van der Waals surface area contributed by atoms with Crippen LogP contribution in [0.3, 0.4) is 0 Å². The maximum Gasteiger partial charge on any atom is 0.310 e. The van der Waals surface area contributed by atoms with Crippen LogP contribution in [0.4, 0.5) is 5.82 Å². The summed E-state index contributed by atoms with van der Waals surface area (Å²) in [4.78, 5) is 28.6. The molecule has 1 aromatic rings. The number of rotatable bonds is 5. The molecular formula is C14H16ClN3O3. The molecule has 1 amide bonds. The number of anilines is 1. The lowest BCUT2D eigenvalue weighted by atomic mass is 10.1. The van der Waals surface area contributed by atoms with Gasteiger partial charge in [0.15, 0.2) is 0 Å². The van der Waals surface area contributed by atoms with Crippen LogP contribution in [0.15, 0.2) is 30.5 Å². The second-order valence-corrected chi connectivity index (χ2v) is 5.37. The van der Waals surface area contributed by atoms with E-state index in [1.807, 2.05) is 0 Å². The molecule has 2 atom stereocenters. The first-order chi connectivity index (χ1) is 9.95. The number of aliphatic carboxylic acids is 1. The Labute approximate surface area is 127 Å². The molecule has 21 heavy (non-hydrogen) atoms. The summed E-state index contributed by atoms with van der Waals surface area (Å²) in [6, 6.07) is 3.20. The highest BCUT2D eigenvalue weighted by Gasteiger charge is 2.25. The molecule has 0 saturated heterocycles. The van der Waals surface area contributed by atoms with Gasteiger partial charge in [-0.1, -0.05) is 23.8 Å². The van der Waals surface area contributed by atoms with Crippen molar-refractivity contribution in [2.24, 2.45) is 5.92 Å². The van der Waals surface area contributed by atoms with Crippen molar-refractivity contribution in [3.63, 3.8) is 0 Å². The van der Waals surface area contributed by atoms with Crippen molar-refractivity contribution in [2.75, 3.05) is 18.5 Å². The summed E-state index contributed by atoms with van der Waals surface area (Å²) < 4.78 is 0. The number of hydrogen-bond donors (Lipinski definition) is 2. The second-order valence-electron chi connectivity index (χ2n) is 4.93. The topological polar surface area (TPSA) is 82.5 Å². The number of carboxylic acid groups (broad SMARTS) is 1. The number of nitrogens with zero attached hydrogens (tertiary/aromatic N) is 2. The van der Waals surface area contributed by atoms with Gasteiger partial charge in [-0.3, -0.25) is 9.59 Å². The van der Waals surface area contributed by atoms with E-state index in [2.05, 4.69) is 10.3 Å². The Morgan fingerprint density at radius 1 is 1.48 bits per heavy atom. The number of pyridine rings is 1. The van der Waals surface area contributed by atoms with Gasteiger partial charge < -0.3 is 15.3 Å². The van der Waals surface area contributed by atoms with E-state index in [9.17, 15) is 9.59 Å². The zero-order valence-electron chi connectivity index (χ0n) is 11.5. The van der Waals surface area contributed by atoms with Gasteiger partial charge in [0.1, 0.15) is 5.82 Å². The van der Waals surface area contributed by atoms with Crippen molar-refractivity contribution in [1.82, 2.24) is 10.3 Å². The number of halogens is 1. The molecule has 0 spiro atoms. The summed E-state index contributed by atoms with van der Waals surface area (Å²) in [6.45, 7) is 0.136. The van der Waals surface area contributed by atoms with Crippen molar-refractivity contribution < 1.29 is 14.7 Å². The number of carbonyl (C=O) groups is 2. The quantitative estimate of drug-likeness (QED) is 0.802. The number of aromatic nitrogens is 1. The van der Waals surface area contributed by atoms with Crippen molar-refractivity contribution in [3.05, 3.63) is 35.5 Å². The van der Waals surface area contributed by atoms with E-state index in [-0.39, 0.29) is 18.5 Å². The molecule has 6 nitrogen and oxygen atoms in total. The molecule has 0 bridgehead atoms. The van der Waals surface area contributed by atoms with Crippen LogP contribution >= 0.6 is 11.6 Å². The highest BCUT2D eigenvalue weighted by atomic mass is 35.5. The summed E-state index contributed by atoms with van der Waals surface area (Å²) >= 11 is 5.76. The minimum absolute atomic E-state index is 0.136. The molecule has 0 aliphatic heterocycles. The van der Waals surface area contributed by atoms with E-state index in [4.69, 9.17) is 16.7 Å². The van der Waals surface area contributed by atoms with E-state index < -0.39 is 11.9 Å². The predicted molar refractivity (Wildman–Crippen MR) is 79.3 cm³/mol. The average molecular weight is 310 g/mol. The van der Waals surface area contributed by atoms with E-state index in [1.165, 1.54) is 6.20 Å². The van der Waals surface area contributed by atoms with Crippen LogP contribution in [0, 0.1) is 5.92 Å². The number of carbonyl (C=O) groups excluding carboxylic acids is 1. The number of likely N-dealkylation sites (N-methyl/N-ethyl adjacent to an activating group) is 1. The Morgan fingerprint density at radius 3 is 2.81 bits per heavy atom. The SMILES string of the molecule is CN(CC(=O)NC1C=CC(C(=O)O)C1)c1ccc(Cl)cn1. The third-order valence-electron chi connectivity index (χ3n) is 3.23. The molecule has 0 aromatic carbocycles. The highest BCUT2D eigenvalue weighted by molar-refractivity contribution is 6.30. The average Bonchev–Trinajstić information content (AvgIpc) is 2.87. The van der Waals surface area contributed by atoms with Gasteiger partial charge in [0.2, 0.25) is 5.91 Å². The van der Waals surface area contributed by atoms with E-state index in [1.54, 1.807) is 36.2 Å². The Hall–Kier alpha value is -2.08. The third kappa shape index (κ3) is 4.19. The molecule has 2 N–H and O–H groups in total. The van der Waals surface area contributed by atoms with Gasteiger partial charge >= 0.3 is 5.97 Å². The van der Waals surface area contributed by atoms with Crippen molar-refractivity contribution in [1.29, 1.82) is 0 Å². The largest absolute Gasteiger partial charge is 0.481 e. The molecule has 0 fully saturated rings. The molecule has 1 aliphatic rings. The Morgan fingerprint density at radius 2 is 2.24 bits per heavy atom. The number of nitrogens with one attached hydrogen (secondary N) is 1. The van der Waals surface area contributed by atoms with E-state index in [0.29, 0.717) is 17.3 Å². The first-order valence-electron chi connectivity index (χ1n) is 6.49. The summed E-state index contributed by atoms with van der Waals surface area (Å²) in [7, 11) is 1.75. The summed E-state index contributed by atoms with van der Waals surface area (Å²) in [6.07, 6.45) is 5.24. The van der Waals surface area contributed by atoms with E-state index in [0.717, 1.165) is 0 Å². The van der Waals surface area contributed by atoms with Crippen LogP contribution in [-0.4, -0.2) is 41.6 Å². The fraction of sp³-hybridized carbons (Fsp3) is 0.357. The standard InChI is InChI=1S/C14H16ClN3O3/c1-18(12-5-3-10(15)7-16-12)8-13(19)17-11-4-2-9(6-11)14(20)21/h2-5,7,9,11H,6,8H2,1H3,(H,17,19)(H,20,21). The molecular weight excluding hydrogens is 294 g/mol. The predicted octanol–water partition coefficient (Wildman–Crippen LogP) is 1.32. The summed E-state index contributed by atoms with van der Waals surface area (Å²) in [5.74, 6) is -0.939. The first kappa shape index (κ1) is 15.3. The van der Waals surface area contributed by atoms with Gasteiger partial charge in [-0.2, -0.15) is 0 Å². The number of amides is 1. The molecule has 2 unspecified atom stereocenters. The lowest BCUT2D eigenvalue weighted by Gasteiger charge is -2.19. The minimum atomic E-state index is -0.870. The van der Waals surface area contributed by atoms with Crippen LogP contribution in [0.25, 0.3) is 0 Å². The zero-order chi connectivity index (χ0) is 15.4. The fourth-order valence-electron chi connectivity index (χ4n) is 2.13. The minimum Gasteiger partial charge on any atom is -0.481 e. The van der Waals surface area contributed by atoms with Crippen molar-refractivity contribution in [2.45, 2.75) is 12.5 Å². The van der Waals surface area contributed by atoms with E-state index >= 15 is 0 Å². The Bertz CT molecular complexity index is 559. The second kappa shape index (κ2) is 6.58. The van der Waals surface area contributed by atoms with Gasteiger partial charge in [0.25, 0.3) is 0 Å². The molecule has 0 radical (unpaired) electrons. The number of carboxylic acids is 1. The smallest absolute Gasteiger partial charge is 0.310 e. The van der Waals surface area contributed by atoms with Gasteiger partial charge in [-0.15, -0.1) is 0 Å². The molecule has 0 saturated carbocycles. The van der Waals surface area contributed by atoms with Crippen LogP contribution in [-0.2, 0) is 9.59 Å². The Balaban J connectivity index is 1.84. The zero-order valence-corrected chi connectivity index (χ0v) is 12.2. The maximum atomic E-state index is 11.9. The molecule has 1 aromatic heterocycles. The third-order valence-corrected chi connectivity index (χ3v) is 3.45. The first-order valence-corrected chi connectivity index (χ1v) is 6.86. The lowest BCUT2D eigenvalue weighted by molar-refractivity contribution is -0.140. The van der Waals surface area contributed by atoms with Crippen LogP contribution < -0.4 is 10.2 Å². The van der Waals surface area contributed by atoms with Crippen molar-refractivity contribution >= 4 is 29.3 Å². The molecule has 2 rings (SSSR count). The van der Waals surface area contributed by atoms with Crippen LogP contribution in [0.2, 0.25) is 5.02 Å². The maximum absolute atomic E-state index is 11.9. The molecule has 7 heteroatoms. The number of hydrogen-bond acceptors (Lipinski definition) is 4. The van der Waals surface area contributed by atoms with Gasteiger partial charge in [0.05, 0.1) is 17.5 Å². The van der Waals surface area contributed by atoms with Crippen LogP contribution in [0.5, 0.6) is 0 Å². The lowest BCUT2D eigenvalue weighted by Crippen LogP contribution is -2.40. The van der Waals surface area contributed by atoms with Gasteiger partial charge in [-0.25, -0.2) is 4.98 Å². The highest BCUT2D eigenvalue weighted by Crippen LogP contribution is 2.18. The van der Waals surface area contributed by atoms with Crippen LogP contribution in [0.1, 0.15) is 6.42 Å². The Kier molecular flexibility index (Phi) is 4.80. The molecule has 112 valence electrons. The van der Waals surface area contributed by atoms with Gasteiger partial charge in [-0.05, 0) is 18.6 Å². The van der Waals surface area contributed by atoms with Crippen molar-refractivity contribution in [3.8, 4) is 0 Å². The summed E-state index contributed by atoms with van der Waals surface area (Å²) in [5.41, 5.74) is 0. The normalized spacial score (nSPS) is 20.3. The molecule has 1 aliphatic carbocycles. The fourth-order valence-corrected chi connectivity index (χ4v) is 2.24. The monoisotopic (exact) mass is 309 g/mol. The summed E-state index contributed by atoms with van der Waals surface area (Å²) in [5, 5.41) is 12.2.